The van der Waals surface area contributed by atoms with Gasteiger partial charge in [-0.1, -0.05) is 6.42 Å². The smallest absolute Gasteiger partial charge is 0.257 e. The predicted octanol–water partition coefficient (Wildman–Crippen LogP) is 1.32. The van der Waals surface area contributed by atoms with Gasteiger partial charge in [0.1, 0.15) is 11.5 Å². The summed E-state index contributed by atoms with van der Waals surface area (Å²) in [7, 11) is 0. The summed E-state index contributed by atoms with van der Waals surface area (Å²) in [5.41, 5.74) is 0.635. The van der Waals surface area contributed by atoms with Gasteiger partial charge >= 0.3 is 0 Å². The highest BCUT2D eigenvalue weighted by molar-refractivity contribution is 5.95. The van der Waals surface area contributed by atoms with Crippen LogP contribution in [0.4, 0.5) is 0 Å². The van der Waals surface area contributed by atoms with E-state index in [-0.39, 0.29) is 17.9 Å². The second-order valence-electron chi connectivity index (χ2n) is 6.45. The van der Waals surface area contributed by atoms with Crippen molar-refractivity contribution in [1.29, 1.82) is 0 Å². The number of hydrogen-bond donors (Lipinski definition) is 1. The summed E-state index contributed by atoms with van der Waals surface area (Å²) in [6.45, 7) is 6.97. The van der Waals surface area contributed by atoms with Crippen molar-refractivity contribution < 1.29 is 14.0 Å². The van der Waals surface area contributed by atoms with Crippen LogP contribution >= 0.6 is 0 Å². The van der Waals surface area contributed by atoms with E-state index in [0.717, 1.165) is 31.6 Å². The number of nitrogens with one attached hydrogen (secondary N) is 1. The van der Waals surface area contributed by atoms with Crippen molar-refractivity contribution in [2.24, 2.45) is 0 Å². The molecular weight excluding hydrogens is 294 g/mol. The lowest BCUT2D eigenvalue weighted by molar-refractivity contribution is -0.135. The van der Waals surface area contributed by atoms with Gasteiger partial charge in [-0.05, 0) is 39.3 Å². The van der Waals surface area contributed by atoms with E-state index < -0.39 is 0 Å². The van der Waals surface area contributed by atoms with Crippen molar-refractivity contribution in [3.8, 4) is 0 Å². The molecule has 0 bridgehead atoms. The third kappa shape index (κ3) is 3.42. The van der Waals surface area contributed by atoms with Gasteiger partial charge < -0.3 is 19.5 Å². The summed E-state index contributed by atoms with van der Waals surface area (Å²) < 4.78 is 5.44. The maximum atomic E-state index is 12.6. The molecular formula is C17H25N3O3. The predicted molar refractivity (Wildman–Crippen MR) is 86.3 cm³/mol. The number of aryl methyl sites for hydroxylation is 2. The van der Waals surface area contributed by atoms with E-state index in [4.69, 9.17) is 4.42 Å². The fourth-order valence-electron chi connectivity index (χ4n) is 3.43. The van der Waals surface area contributed by atoms with Crippen molar-refractivity contribution in [2.45, 2.75) is 39.2 Å². The molecule has 2 aliphatic rings. The third-order valence-corrected chi connectivity index (χ3v) is 4.76. The quantitative estimate of drug-likeness (QED) is 0.893. The van der Waals surface area contributed by atoms with Crippen LogP contribution in [0, 0.1) is 13.8 Å². The van der Waals surface area contributed by atoms with Crippen LogP contribution in [0.1, 0.15) is 41.1 Å². The first-order valence-corrected chi connectivity index (χ1v) is 8.45. The normalized spacial score (nSPS) is 22.3. The van der Waals surface area contributed by atoms with Crippen molar-refractivity contribution in [2.75, 3.05) is 32.7 Å². The van der Waals surface area contributed by atoms with Crippen LogP contribution < -0.4 is 5.32 Å². The number of hydrogen-bond acceptors (Lipinski definition) is 4. The molecule has 0 aromatic carbocycles. The van der Waals surface area contributed by atoms with E-state index in [1.54, 1.807) is 6.07 Å². The fraction of sp³-hybridized carbons (Fsp3) is 0.647. The van der Waals surface area contributed by atoms with Gasteiger partial charge in [-0.3, -0.25) is 9.59 Å². The highest BCUT2D eigenvalue weighted by Gasteiger charge is 2.30. The van der Waals surface area contributed by atoms with Crippen LogP contribution in [0.5, 0.6) is 0 Å². The maximum absolute atomic E-state index is 12.6. The molecule has 0 saturated carbocycles. The Morgan fingerprint density at radius 3 is 2.39 bits per heavy atom. The third-order valence-electron chi connectivity index (χ3n) is 4.76. The first-order chi connectivity index (χ1) is 11.1. The van der Waals surface area contributed by atoms with E-state index in [0.29, 0.717) is 37.5 Å². The summed E-state index contributed by atoms with van der Waals surface area (Å²) in [5, 5.41) is 3.30. The van der Waals surface area contributed by atoms with E-state index in [1.807, 2.05) is 23.6 Å². The number of carbonyl (C=O) groups is 2. The largest absolute Gasteiger partial charge is 0.466 e. The lowest BCUT2D eigenvalue weighted by Gasteiger charge is -2.37. The van der Waals surface area contributed by atoms with Crippen LogP contribution in [-0.4, -0.2) is 60.4 Å². The van der Waals surface area contributed by atoms with Crippen molar-refractivity contribution >= 4 is 11.8 Å². The number of piperidine rings is 1. The lowest BCUT2D eigenvalue weighted by Crippen LogP contribution is -2.55. The molecule has 0 aliphatic carbocycles. The van der Waals surface area contributed by atoms with Crippen LogP contribution in [0.15, 0.2) is 10.5 Å². The second kappa shape index (κ2) is 6.74. The van der Waals surface area contributed by atoms with Crippen molar-refractivity contribution in [3.05, 3.63) is 23.2 Å². The minimum atomic E-state index is -0.0373. The molecule has 1 aromatic heterocycles. The zero-order valence-electron chi connectivity index (χ0n) is 13.9. The van der Waals surface area contributed by atoms with E-state index >= 15 is 0 Å². The number of nitrogens with zero attached hydrogens (tertiary/aromatic N) is 2. The molecule has 1 N–H and O–H groups in total. The first-order valence-electron chi connectivity index (χ1n) is 8.45. The van der Waals surface area contributed by atoms with Gasteiger partial charge in [-0.25, -0.2) is 0 Å². The number of piperazine rings is 1. The van der Waals surface area contributed by atoms with E-state index in [9.17, 15) is 9.59 Å². The molecule has 6 nitrogen and oxygen atoms in total. The molecule has 2 saturated heterocycles. The zero-order chi connectivity index (χ0) is 16.4. The SMILES string of the molecule is Cc1cc(C(=O)N2CCN(C(=O)C3CCCCN3)CC2)c(C)o1. The highest BCUT2D eigenvalue weighted by Crippen LogP contribution is 2.18. The number of rotatable bonds is 2. The summed E-state index contributed by atoms with van der Waals surface area (Å²) >= 11 is 0. The molecule has 2 amide bonds. The molecule has 1 aromatic rings. The van der Waals surface area contributed by atoms with Crippen LogP contribution in [0.3, 0.4) is 0 Å². The molecule has 2 aliphatic heterocycles. The molecule has 126 valence electrons. The van der Waals surface area contributed by atoms with Gasteiger partial charge in [-0.15, -0.1) is 0 Å². The van der Waals surface area contributed by atoms with E-state index in [2.05, 4.69) is 5.32 Å². The summed E-state index contributed by atoms with van der Waals surface area (Å²) in [5.74, 6) is 1.61. The first kappa shape index (κ1) is 16.1. The Balaban J connectivity index is 1.56. The Labute approximate surface area is 136 Å². The molecule has 23 heavy (non-hydrogen) atoms. The average Bonchev–Trinajstić information content (AvgIpc) is 2.93. The van der Waals surface area contributed by atoms with Crippen LogP contribution in [0.2, 0.25) is 0 Å². The Morgan fingerprint density at radius 1 is 1.13 bits per heavy atom. The maximum Gasteiger partial charge on any atom is 0.257 e. The van der Waals surface area contributed by atoms with Gasteiger partial charge in [-0.2, -0.15) is 0 Å². The molecule has 1 atom stereocenters. The van der Waals surface area contributed by atoms with Gasteiger partial charge in [0.15, 0.2) is 0 Å². The van der Waals surface area contributed by atoms with Crippen molar-refractivity contribution in [3.63, 3.8) is 0 Å². The molecule has 2 fully saturated rings. The molecule has 3 heterocycles. The highest BCUT2D eigenvalue weighted by atomic mass is 16.3. The zero-order valence-corrected chi connectivity index (χ0v) is 13.9. The molecule has 0 spiro atoms. The Morgan fingerprint density at radius 2 is 1.83 bits per heavy atom. The topological polar surface area (TPSA) is 65.8 Å². The van der Waals surface area contributed by atoms with Crippen LogP contribution in [-0.2, 0) is 4.79 Å². The molecule has 0 radical (unpaired) electrons. The number of carbonyl (C=O) groups excluding carboxylic acids is 2. The summed E-state index contributed by atoms with van der Waals surface area (Å²) in [6.07, 6.45) is 3.18. The Kier molecular flexibility index (Phi) is 4.71. The summed E-state index contributed by atoms with van der Waals surface area (Å²) in [4.78, 5) is 28.8. The fourth-order valence-corrected chi connectivity index (χ4v) is 3.43. The number of amides is 2. The number of furan rings is 1. The van der Waals surface area contributed by atoms with Gasteiger partial charge in [0.2, 0.25) is 5.91 Å². The molecule has 3 rings (SSSR count). The standard InChI is InChI=1S/C17H25N3O3/c1-12-11-14(13(2)23-12)16(21)19-7-9-20(10-8-19)17(22)15-5-3-4-6-18-15/h11,15,18H,3-10H2,1-2H3. The monoisotopic (exact) mass is 319 g/mol. The Bertz CT molecular complexity index is 582. The average molecular weight is 319 g/mol. The van der Waals surface area contributed by atoms with Gasteiger partial charge in [0.05, 0.1) is 11.6 Å². The minimum Gasteiger partial charge on any atom is -0.466 e. The van der Waals surface area contributed by atoms with Gasteiger partial charge in [0.25, 0.3) is 5.91 Å². The second-order valence-corrected chi connectivity index (χ2v) is 6.45. The van der Waals surface area contributed by atoms with Crippen LogP contribution in [0.25, 0.3) is 0 Å². The van der Waals surface area contributed by atoms with E-state index in [1.165, 1.54) is 0 Å². The van der Waals surface area contributed by atoms with Gasteiger partial charge in [0, 0.05) is 26.2 Å². The van der Waals surface area contributed by atoms with Crippen molar-refractivity contribution in [1.82, 2.24) is 15.1 Å². The Hall–Kier alpha value is -1.82. The lowest BCUT2D eigenvalue weighted by atomic mass is 10.0. The molecule has 1 unspecified atom stereocenters. The molecule has 6 heteroatoms. The summed E-state index contributed by atoms with van der Waals surface area (Å²) in [6, 6.07) is 1.76. The minimum absolute atomic E-state index is 0.00207.